The number of nitrogens with zero attached hydrogens (tertiary/aromatic N) is 1. The second-order valence-corrected chi connectivity index (χ2v) is 4.64. The molecule has 84 valence electrons. The summed E-state index contributed by atoms with van der Waals surface area (Å²) < 4.78 is 13.9. The molecule has 0 saturated carbocycles. The van der Waals surface area contributed by atoms with Crippen molar-refractivity contribution >= 4 is 22.9 Å². The first-order valence-corrected chi connectivity index (χ1v) is 6.41. The van der Waals surface area contributed by atoms with Crippen molar-refractivity contribution in [2.45, 2.75) is 19.8 Å². The van der Waals surface area contributed by atoms with E-state index < -0.39 is 0 Å². The summed E-state index contributed by atoms with van der Waals surface area (Å²) in [4.78, 5) is 4.21. The van der Waals surface area contributed by atoms with Gasteiger partial charge in [-0.15, -0.1) is 11.3 Å². The molecule has 0 aliphatic rings. The molecule has 1 aromatic heterocycles. The van der Waals surface area contributed by atoms with Crippen molar-refractivity contribution in [2.24, 2.45) is 0 Å². The molecule has 0 radical (unpaired) electrons. The predicted molar refractivity (Wildman–Crippen MR) is 66.5 cm³/mol. The number of benzene rings is 1. The smallest absolute Gasteiger partial charge is 0.145 e. The fraction of sp³-hybridized carbons (Fsp3) is 0.250. The maximum Gasteiger partial charge on any atom is 0.145 e. The van der Waals surface area contributed by atoms with Gasteiger partial charge in [0, 0.05) is 10.9 Å². The molecular weight excluding hydrogens is 245 g/mol. The molecule has 0 fully saturated rings. The van der Waals surface area contributed by atoms with Gasteiger partial charge in [0.15, 0.2) is 0 Å². The number of hydrogen-bond acceptors (Lipinski definition) is 2. The standard InChI is InChI=1S/C12H11ClFNS/c1-2-3-9-8(11-6-16-7-15-11)4-5-10(13)12(9)14/h4-7H,2-3H2,1H3. The van der Waals surface area contributed by atoms with Gasteiger partial charge in [0.25, 0.3) is 0 Å². The number of aromatic nitrogens is 1. The molecule has 1 aromatic carbocycles. The molecular formula is C12H11ClFNS. The van der Waals surface area contributed by atoms with Gasteiger partial charge < -0.3 is 0 Å². The Morgan fingerprint density at radius 2 is 2.25 bits per heavy atom. The Bertz CT molecular complexity index is 482. The summed E-state index contributed by atoms with van der Waals surface area (Å²) in [6, 6.07) is 3.43. The molecule has 1 heterocycles. The summed E-state index contributed by atoms with van der Waals surface area (Å²) in [5, 5.41) is 2.10. The summed E-state index contributed by atoms with van der Waals surface area (Å²) in [7, 11) is 0. The summed E-state index contributed by atoms with van der Waals surface area (Å²) in [6.45, 7) is 2.02. The van der Waals surface area contributed by atoms with Gasteiger partial charge in [0.1, 0.15) is 5.82 Å². The topological polar surface area (TPSA) is 12.9 Å². The van der Waals surface area contributed by atoms with E-state index in [1.165, 1.54) is 11.3 Å². The summed E-state index contributed by atoms with van der Waals surface area (Å²) >= 11 is 7.29. The Hall–Kier alpha value is -0.930. The second kappa shape index (κ2) is 4.93. The van der Waals surface area contributed by atoms with Crippen molar-refractivity contribution in [1.82, 2.24) is 4.98 Å². The molecule has 2 aromatic rings. The number of halogens is 2. The fourth-order valence-electron chi connectivity index (χ4n) is 1.67. The maximum absolute atomic E-state index is 13.9. The quantitative estimate of drug-likeness (QED) is 0.784. The molecule has 0 aliphatic heterocycles. The van der Waals surface area contributed by atoms with E-state index in [0.29, 0.717) is 12.0 Å². The first-order valence-electron chi connectivity index (χ1n) is 5.09. The van der Waals surface area contributed by atoms with E-state index in [9.17, 15) is 4.39 Å². The monoisotopic (exact) mass is 255 g/mol. The lowest BCUT2D eigenvalue weighted by molar-refractivity contribution is 0.608. The lowest BCUT2D eigenvalue weighted by Crippen LogP contribution is -1.95. The Morgan fingerprint density at radius 3 is 2.88 bits per heavy atom. The van der Waals surface area contributed by atoms with Crippen LogP contribution in [0.25, 0.3) is 11.3 Å². The van der Waals surface area contributed by atoms with E-state index >= 15 is 0 Å². The van der Waals surface area contributed by atoms with Crippen LogP contribution in [0.3, 0.4) is 0 Å². The van der Waals surface area contributed by atoms with Crippen molar-refractivity contribution in [2.75, 3.05) is 0 Å². The third-order valence-electron chi connectivity index (χ3n) is 2.40. The molecule has 0 saturated heterocycles. The Balaban J connectivity index is 2.57. The van der Waals surface area contributed by atoms with Crippen LogP contribution in [0.4, 0.5) is 4.39 Å². The van der Waals surface area contributed by atoms with E-state index in [0.717, 1.165) is 17.7 Å². The molecule has 2 rings (SSSR count). The van der Waals surface area contributed by atoms with E-state index in [1.54, 1.807) is 11.6 Å². The van der Waals surface area contributed by atoms with Crippen LogP contribution in [-0.2, 0) is 6.42 Å². The first-order chi connectivity index (χ1) is 7.74. The van der Waals surface area contributed by atoms with Gasteiger partial charge in [0.05, 0.1) is 16.2 Å². The molecule has 0 amide bonds. The molecule has 0 spiro atoms. The third kappa shape index (κ3) is 2.11. The lowest BCUT2D eigenvalue weighted by Gasteiger charge is -2.09. The second-order valence-electron chi connectivity index (χ2n) is 3.51. The van der Waals surface area contributed by atoms with Crippen molar-refractivity contribution in [3.05, 3.63) is 39.4 Å². The minimum absolute atomic E-state index is 0.183. The van der Waals surface area contributed by atoms with E-state index in [1.807, 2.05) is 18.4 Å². The number of hydrogen-bond donors (Lipinski definition) is 0. The molecule has 16 heavy (non-hydrogen) atoms. The van der Waals surface area contributed by atoms with Crippen LogP contribution in [0, 0.1) is 5.82 Å². The molecule has 0 N–H and O–H groups in total. The van der Waals surface area contributed by atoms with Gasteiger partial charge in [-0.1, -0.05) is 31.0 Å². The van der Waals surface area contributed by atoms with E-state index in [-0.39, 0.29) is 10.8 Å². The zero-order valence-electron chi connectivity index (χ0n) is 8.84. The number of thiazole rings is 1. The van der Waals surface area contributed by atoms with Gasteiger partial charge in [-0.3, -0.25) is 0 Å². The van der Waals surface area contributed by atoms with Crippen molar-refractivity contribution in [3.63, 3.8) is 0 Å². The SMILES string of the molecule is CCCc1c(-c2cscn2)ccc(Cl)c1F. The van der Waals surface area contributed by atoms with Crippen LogP contribution in [0.2, 0.25) is 5.02 Å². The van der Waals surface area contributed by atoms with Gasteiger partial charge in [0.2, 0.25) is 0 Å². The largest absolute Gasteiger partial charge is 0.245 e. The van der Waals surface area contributed by atoms with E-state index in [2.05, 4.69) is 4.98 Å². The summed E-state index contributed by atoms with van der Waals surface area (Å²) in [5.41, 5.74) is 4.09. The van der Waals surface area contributed by atoms with Crippen LogP contribution in [-0.4, -0.2) is 4.98 Å². The average Bonchev–Trinajstić information content (AvgIpc) is 2.79. The zero-order chi connectivity index (χ0) is 11.5. The highest BCUT2D eigenvalue weighted by Gasteiger charge is 2.13. The highest BCUT2D eigenvalue weighted by atomic mass is 35.5. The minimum atomic E-state index is -0.311. The minimum Gasteiger partial charge on any atom is -0.245 e. The number of rotatable bonds is 3. The Morgan fingerprint density at radius 1 is 1.44 bits per heavy atom. The highest BCUT2D eigenvalue weighted by molar-refractivity contribution is 7.07. The van der Waals surface area contributed by atoms with Crippen LogP contribution < -0.4 is 0 Å². The van der Waals surface area contributed by atoms with Gasteiger partial charge in [-0.25, -0.2) is 9.37 Å². The molecule has 4 heteroatoms. The molecule has 0 aliphatic carbocycles. The maximum atomic E-state index is 13.9. The van der Waals surface area contributed by atoms with E-state index in [4.69, 9.17) is 11.6 Å². The van der Waals surface area contributed by atoms with Crippen LogP contribution in [0.1, 0.15) is 18.9 Å². The molecule has 0 atom stereocenters. The highest BCUT2D eigenvalue weighted by Crippen LogP contribution is 2.30. The summed E-state index contributed by atoms with van der Waals surface area (Å²) in [6.07, 6.45) is 1.56. The van der Waals surface area contributed by atoms with Crippen molar-refractivity contribution in [3.8, 4) is 11.3 Å². The Kier molecular flexibility index (Phi) is 3.56. The average molecular weight is 256 g/mol. The normalized spacial score (nSPS) is 10.7. The van der Waals surface area contributed by atoms with Crippen molar-refractivity contribution < 1.29 is 4.39 Å². The predicted octanol–water partition coefficient (Wildman–Crippen LogP) is 4.56. The Labute approximate surface area is 103 Å². The fourth-order valence-corrected chi connectivity index (χ4v) is 2.40. The zero-order valence-corrected chi connectivity index (χ0v) is 10.4. The van der Waals surface area contributed by atoms with Gasteiger partial charge >= 0.3 is 0 Å². The van der Waals surface area contributed by atoms with Crippen molar-refractivity contribution in [1.29, 1.82) is 0 Å². The molecule has 0 bridgehead atoms. The lowest BCUT2D eigenvalue weighted by atomic mass is 10.0. The molecule has 1 nitrogen and oxygen atoms in total. The van der Waals surface area contributed by atoms with Crippen LogP contribution in [0.15, 0.2) is 23.0 Å². The third-order valence-corrected chi connectivity index (χ3v) is 3.28. The first kappa shape index (κ1) is 11.6. The van der Waals surface area contributed by atoms with Crippen LogP contribution in [0.5, 0.6) is 0 Å². The van der Waals surface area contributed by atoms with Crippen LogP contribution >= 0.6 is 22.9 Å². The summed E-state index contributed by atoms with van der Waals surface area (Å²) in [5.74, 6) is -0.311. The van der Waals surface area contributed by atoms with Gasteiger partial charge in [-0.05, 0) is 18.1 Å². The van der Waals surface area contributed by atoms with Gasteiger partial charge in [-0.2, -0.15) is 0 Å². The molecule has 0 unspecified atom stereocenters.